The van der Waals surface area contributed by atoms with E-state index in [1.807, 2.05) is 0 Å². The Morgan fingerprint density at radius 2 is 2.00 bits per heavy atom. The van der Waals surface area contributed by atoms with Crippen LogP contribution in [0.15, 0.2) is 21.6 Å². The minimum Gasteiger partial charge on any atom is -0.446 e. The zero-order valence-electron chi connectivity index (χ0n) is 9.72. The topological polar surface area (TPSA) is 70.8 Å². The highest BCUT2D eigenvalue weighted by Gasteiger charge is 2.45. The van der Waals surface area contributed by atoms with E-state index < -0.39 is 40.5 Å². The molecule has 0 saturated heterocycles. The van der Waals surface area contributed by atoms with E-state index in [9.17, 15) is 21.6 Å². The average Bonchev–Trinajstić information content (AvgIpc) is 3.00. The van der Waals surface area contributed by atoms with Crippen molar-refractivity contribution in [3.8, 4) is 0 Å². The van der Waals surface area contributed by atoms with Gasteiger partial charge in [0.2, 0.25) is 5.09 Å². The summed E-state index contributed by atoms with van der Waals surface area (Å²) in [6.07, 6.45) is -3.80. The van der Waals surface area contributed by atoms with E-state index in [1.54, 1.807) is 0 Å². The molecule has 0 aromatic carbocycles. The van der Waals surface area contributed by atoms with Crippen molar-refractivity contribution in [2.75, 3.05) is 6.54 Å². The summed E-state index contributed by atoms with van der Waals surface area (Å²) in [5.41, 5.74) is 0. The zero-order valence-corrected chi connectivity index (χ0v) is 10.5. The Morgan fingerprint density at radius 1 is 1.37 bits per heavy atom. The van der Waals surface area contributed by atoms with Crippen LogP contribution in [0.5, 0.6) is 0 Å². The lowest BCUT2D eigenvalue weighted by Crippen LogP contribution is -2.40. The molecule has 9 heteroatoms. The number of hydrogen-bond donors (Lipinski definition) is 1. The molecular weight excluding hydrogens is 287 g/mol. The number of furan rings is 1. The Balaban J connectivity index is 2.29. The maximum atomic E-state index is 12.4. The van der Waals surface area contributed by atoms with Gasteiger partial charge in [0.15, 0.2) is 0 Å². The fourth-order valence-corrected chi connectivity index (χ4v) is 3.25. The monoisotopic (exact) mass is 299 g/mol. The van der Waals surface area contributed by atoms with Crippen LogP contribution in [0.2, 0.25) is 0 Å². The molecule has 1 saturated carbocycles. The quantitative estimate of drug-likeness (QED) is 0.894. The number of aliphatic hydroxyl groups excluding tert-OH is 1. The molecule has 1 aromatic heterocycles. The van der Waals surface area contributed by atoms with Crippen LogP contribution in [0.4, 0.5) is 13.2 Å². The smallest absolute Gasteiger partial charge is 0.402 e. The molecule has 1 N–H and O–H groups in total. The molecular formula is C10H12F3NO4S. The van der Waals surface area contributed by atoms with Crippen molar-refractivity contribution in [2.24, 2.45) is 0 Å². The predicted octanol–water partition coefficient (Wildman–Crippen LogP) is 1.49. The van der Waals surface area contributed by atoms with Crippen molar-refractivity contribution in [3.63, 3.8) is 0 Å². The summed E-state index contributed by atoms with van der Waals surface area (Å²) in [5, 5.41) is 8.20. The molecule has 5 nitrogen and oxygen atoms in total. The number of hydrogen-bond acceptors (Lipinski definition) is 4. The standard InChI is InChI=1S/C10H12F3NO4S/c11-10(12,13)6-14(7-1-2-7)19(16,17)9-4-3-8(5-15)18-9/h3-4,7,15H,1-2,5-6H2. The first-order chi connectivity index (χ1) is 8.74. The molecule has 0 radical (unpaired) electrons. The normalized spacial score (nSPS) is 17.1. The van der Waals surface area contributed by atoms with Crippen molar-refractivity contribution in [1.82, 2.24) is 4.31 Å². The summed E-state index contributed by atoms with van der Waals surface area (Å²) in [6.45, 7) is -2.05. The lowest BCUT2D eigenvalue weighted by molar-refractivity contribution is -0.137. The SMILES string of the molecule is O=S(=O)(c1ccc(CO)o1)N(CC(F)(F)F)C1CC1. The van der Waals surface area contributed by atoms with Gasteiger partial charge in [-0.25, -0.2) is 8.42 Å². The summed E-state index contributed by atoms with van der Waals surface area (Å²) in [5.74, 6) is -0.0127. The summed E-state index contributed by atoms with van der Waals surface area (Å²) < 4.78 is 66.7. The third-order valence-corrected chi connectivity index (χ3v) is 4.42. The number of halogens is 3. The van der Waals surface area contributed by atoms with Crippen LogP contribution in [-0.4, -0.2) is 36.6 Å². The molecule has 1 aliphatic carbocycles. The van der Waals surface area contributed by atoms with Crippen molar-refractivity contribution >= 4 is 10.0 Å². The Bertz CT molecular complexity index is 547. The fourth-order valence-electron chi connectivity index (χ4n) is 1.65. The summed E-state index contributed by atoms with van der Waals surface area (Å²) >= 11 is 0. The van der Waals surface area contributed by atoms with Crippen LogP contribution in [0.1, 0.15) is 18.6 Å². The van der Waals surface area contributed by atoms with Gasteiger partial charge in [0.25, 0.3) is 10.0 Å². The van der Waals surface area contributed by atoms with Gasteiger partial charge in [-0.3, -0.25) is 0 Å². The maximum Gasteiger partial charge on any atom is 0.402 e. The molecule has 1 fully saturated rings. The molecule has 0 amide bonds. The van der Waals surface area contributed by atoms with Gasteiger partial charge >= 0.3 is 6.18 Å². The minimum absolute atomic E-state index is 0.0127. The molecule has 1 aliphatic rings. The Morgan fingerprint density at radius 3 is 2.42 bits per heavy atom. The van der Waals surface area contributed by atoms with Crippen molar-refractivity contribution < 1.29 is 31.1 Å². The van der Waals surface area contributed by atoms with Gasteiger partial charge in [0.05, 0.1) is 0 Å². The lowest BCUT2D eigenvalue weighted by atomic mass is 10.5. The Hall–Kier alpha value is -1.06. The van der Waals surface area contributed by atoms with E-state index in [2.05, 4.69) is 0 Å². The second-order valence-corrected chi connectivity index (χ2v) is 6.10. The molecule has 1 aromatic rings. The number of alkyl halides is 3. The van der Waals surface area contributed by atoms with Crippen LogP contribution in [0.3, 0.4) is 0 Å². The second kappa shape index (κ2) is 4.80. The van der Waals surface area contributed by atoms with Gasteiger partial charge in [-0.05, 0) is 25.0 Å². The van der Waals surface area contributed by atoms with Crippen LogP contribution in [0.25, 0.3) is 0 Å². The Kier molecular flexibility index (Phi) is 3.63. The number of rotatable bonds is 5. The highest BCUT2D eigenvalue weighted by atomic mass is 32.2. The third kappa shape index (κ3) is 3.28. The molecule has 0 atom stereocenters. The van der Waals surface area contributed by atoms with E-state index in [0.29, 0.717) is 17.1 Å². The van der Waals surface area contributed by atoms with E-state index in [1.165, 1.54) is 6.07 Å². The highest BCUT2D eigenvalue weighted by Crippen LogP contribution is 2.35. The molecule has 108 valence electrons. The molecule has 2 rings (SSSR count). The van der Waals surface area contributed by atoms with Gasteiger partial charge in [-0.1, -0.05) is 0 Å². The van der Waals surface area contributed by atoms with Gasteiger partial charge in [0.1, 0.15) is 18.9 Å². The van der Waals surface area contributed by atoms with Crippen molar-refractivity contribution in [3.05, 3.63) is 17.9 Å². The third-order valence-electron chi connectivity index (χ3n) is 2.65. The average molecular weight is 299 g/mol. The summed E-state index contributed by atoms with van der Waals surface area (Å²) in [4.78, 5) is 0. The summed E-state index contributed by atoms with van der Waals surface area (Å²) in [7, 11) is -4.32. The highest BCUT2D eigenvalue weighted by molar-refractivity contribution is 7.89. The maximum absolute atomic E-state index is 12.4. The predicted molar refractivity (Wildman–Crippen MR) is 57.6 cm³/mol. The van der Waals surface area contributed by atoms with Crippen LogP contribution in [-0.2, 0) is 16.6 Å². The van der Waals surface area contributed by atoms with E-state index in [0.717, 1.165) is 6.07 Å². The Labute approximate surface area is 107 Å². The first kappa shape index (κ1) is 14.4. The van der Waals surface area contributed by atoms with E-state index >= 15 is 0 Å². The van der Waals surface area contributed by atoms with Crippen LogP contribution in [0, 0.1) is 0 Å². The van der Waals surface area contributed by atoms with Gasteiger partial charge in [-0.2, -0.15) is 17.5 Å². The zero-order chi connectivity index (χ0) is 14.3. The molecule has 0 unspecified atom stereocenters. The van der Waals surface area contributed by atoms with Crippen LogP contribution >= 0.6 is 0 Å². The largest absolute Gasteiger partial charge is 0.446 e. The van der Waals surface area contributed by atoms with Crippen LogP contribution < -0.4 is 0 Å². The van der Waals surface area contributed by atoms with E-state index in [4.69, 9.17) is 9.52 Å². The summed E-state index contributed by atoms with van der Waals surface area (Å²) in [6, 6.07) is 1.63. The first-order valence-corrected chi connectivity index (χ1v) is 6.96. The second-order valence-electron chi connectivity index (χ2n) is 4.28. The molecule has 0 bridgehead atoms. The lowest BCUT2D eigenvalue weighted by Gasteiger charge is -2.21. The minimum atomic E-state index is -4.61. The molecule has 19 heavy (non-hydrogen) atoms. The molecule has 0 aliphatic heterocycles. The molecule has 0 spiro atoms. The first-order valence-electron chi connectivity index (χ1n) is 5.52. The van der Waals surface area contributed by atoms with Gasteiger partial charge < -0.3 is 9.52 Å². The van der Waals surface area contributed by atoms with Crippen molar-refractivity contribution in [2.45, 2.75) is 36.8 Å². The van der Waals surface area contributed by atoms with Crippen molar-refractivity contribution in [1.29, 1.82) is 0 Å². The fraction of sp³-hybridized carbons (Fsp3) is 0.600. The van der Waals surface area contributed by atoms with E-state index in [-0.39, 0.29) is 5.76 Å². The molecule has 1 heterocycles. The number of nitrogens with zero attached hydrogens (tertiary/aromatic N) is 1. The number of aliphatic hydroxyl groups is 1. The van der Waals surface area contributed by atoms with Gasteiger partial charge in [0, 0.05) is 6.04 Å². The number of sulfonamides is 1. The van der Waals surface area contributed by atoms with Gasteiger partial charge in [-0.15, -0.1) is 0 Å².